The molecule has 0 spiro atoms. The van der Waals surface area contributed by atoms with E-state index in [1.165, 1.54) is 21.6 Å². The molecule has 0 aliphatic heterocycles. The zero-order valence-corrected chi connectivity index (χ0v) is 18.8. The largest absolute Gasteiger partial charge is 0.355 e. The number of nitrogens with zero attached hydrogens (tertiary/aromatic N) is 2. The van der Waals surface area contributed by atoms with Crippen molar-refractivity contribution in [1.82, 2.24) is 19.8 Å². The highest BCUT2D eigenvalue weighted by molar-refractivity contribution is 8.76. The SMILES string of the molecule is CNC(=O)c1c(SSc2c(C(=O)NC)c3ccccc3n2C)n(C)c2ccccc12. The van der Waals surface area contributed by atoms with E-state index >= 15 is 0 Å². The minimum atomic E-state index is -0.126. The fraction of sp³-hybridized carbons (Fsp3) is 0.182. The summed E-state index contributed by atoms with van der Waals surface area (Å²) in [4.78, 5) is 25.4. The number of aryl methyl sites for hydroxylation is 2. The molecule has 0 fully saturated rings. The van der Waals surface area contributed by atoms with Gasteiger partial charge in [0.05, 0.1) is 21.2 Å². The topological polar surface area (TPSA) is 68.1 Å². The first-order valence-electron chi connectivity index (χ1n) is 9.43. The standard InChI is InChI=1S/C22H22N4O2S2/c1-23-19(27)17-13-9-5-7-11-15(13)25(3)21(17)29-30-22-18(20(28)24-2)14-10-6-8-12-16(14)26(22)4/h5-12H,1-4H3,(H,23,27)(H,24,28). The molecule has 2 aromatic carbocycles. The molecule has 6 nitrogen and oxygen atoms in total. The normalized spacial score (nSPS) is 11.2. The van der Waals surface area contributed by atoms with Crippen molar-refractivity contribution in [1.29, 1.82) is 0 Å². The lowest BCUT2D eigenvalue weighted by molar-refractivity contribution is 0.0953. The van der Waals surface area contributed by atoms with Crippen LogP contribution >= 0.6 is 21.6 Å². The Hall–Kier alpha value is -2.84. The first-order valence-corrected chi connectivity index (χ1v) is 11.6. The first kappa shape index (κ1) is 20.4. The lowest BCUT2D eigenvalue weighted by atomic mass is 10.1. The number of carbonyl (C=O) groups excluding carboxylic acids is 2. The highest BCUT2D eigenvalue weighted by Crippen LogP contribution is 2.45. The second-order valence-electron chi connectivity index (χ2n) is 6.84. The van der Waals surface area contributed by atoms with E-state index in [9.17, 15) is 9.59 Å². The molecule has 0 atom stereocenters. The van der Waals surface area contributed by atoms with Crippen molar-refractivity contribution in [3.63, 3.8) is 0 Å². The second-order valence-corrected chi connectivity index (χ2v) is 8.94. The van der Waals surface area contributed by atoms with Crippen LogP contribution in [-0.4, -0.2) is 35.0 Å². The lowest BCUT2D eigenvalue weighted by Gasteiger charge is -2.09. The molecule has 0 bridgehead atoms. The predicted molar refractivity (Wildman–Crippen MR) is 124 cm³/mol. The van der Waals surface area contributed by atoms with Crippen LogP contribution in [0.1, 0.15) is 20.7 Å². The third-order valence-corrected chi connectivity index (χ3v) is 7.77. The van der Waals surface area contributed by atoms with Crippen LogP contribution in [0.2, 0.25) is 0 Å². The molecule has 2 heterocycles. The third-order valence-electron chi connectivity index (χ3n) is 5.21. The summed E-state index contributed by atoms with van der Waals surface area (Å²) in [6.45, 7) is 0. The Kier molecular flexibility index (Phi) is 5.53. The summed E-state index contributed by atoms with van der Waals surface area (Å²) in [5.41, 5.74) is 3.27. The van der Waals surface area contributed by atoms with Gasteiger partial charge in [-0.25, -0.2) is 0 Å². The summed E-state index contributed by atoms with van der Waals surface area (Å²) in [5.74, 6) is -0.253. The van der Waals surface area contributed by atoms with E-state index in [1.807, 2.05) is 71.8 Å². The number of amides is 2. The van der Waals surface area contributed by atoms with Gasteiger partial charge in [0.1, 0.15) is 0 Å². The minimum Gasteiger partial charge on any atom is -0.355 e. The van der Waals surface area contributed by atoms with Crippen molar-refractivity contribution in [3.05, 3.63) is 59.7 Å². The number of rotatable bonds is 5. The average Bonchev–Trinajstić information content (AvgIpc) is 3.22. The van der Waals surface area contributed by atoms with Gasteiger partial charge in [-0.1, -0.05) is 36.4 Å². The molecule has 0 aliphatic rings. The number of para-hydroxylation sites is 2. The van der Waals surface area contributed by atoms with Gasteiger partial charge in [0, 0.05) is 50.0 Å². The molecule has 2 N–H and O–H groups in total. The Morgan fingerprint density at radius 3 is 1.43 bits per heavy atom. The van der Waals surface area contributed by atoms with Gasteiger partial charge in [-0.15, -0.1) is 0 Å². The third kappa shape index (κ3) is 3.16. The lowest BCUT2D eigenvalue weighted by Crippen LogP contribution is -2.18. The number of benzene rings is 2. The van der Waals surface area contributed by atoms with Crippen LogP contribution in [0, 0.1) is 0 Å². The Morgan fingerprint density at radius 2 is 1.07 bits per heavy atom. The van der Waals surface area contributed by atoms with Crippen molar-refractivity contribution in [2.75, 3.05) is 14.1 Å². The number of nitrogens with one attached hydrogen (secondary N) is 2. The number of hydrogen-bond donors (Lipinski definition) is 2. The second kappa shape index (κ2) is 8.12. The van der Waals surface area contributed by atoms with E-state index in [4.69, 9.17) is 0 Å². The summed E-state index contributed by atoms with van der Waals surface area (Å²) in [7, 11) is 10.2. The van der Waals surface area contributed by atoms with Gasteiger partial charge in [0.25, 0.3) is 11.8 Å². The zero-order valence-electron chi connectivity index (χ0n) is 17.1. The van der Waals surface area contributed by atoms with Gasteiger partial charge in [0.2, 0.25) is 0 Å². The van der Waals surface area contributed by atoms with Gasteiger partial charge in [-0.05, 0) is 33.7 Å². The summed E-state index contributed by atoms with van der Waals surface area (Å²) >= 11 is 0. The molecular weight excluding hydrogens is 416 g/mol. The number of carbonyl (C=O) groups is 2. The number of fused-ring (bicyclic) bond motifs is 2. The van der Waals surface area contributed by atoms with Crippen molar-refractivity contribution >= 4 is 55.2 Å². The van der Waals surface area contributed by atoms with Gasteiger partial charge in [-0.2, -0.15) is 0 Å². The number of hydrogen-bond acceptors (Lipinski definition) is 4. The quantitative estimate of drug-likeness (QED) is 0.459. The van der Waals surface area contributed by atoms with Crippen LogP contribution < -0.4 is 10.6 Å². The summed E-state index contributed by atoms with van der Waals surface area (Å²) in [6.07, 6.45) is 0. The molecule has 154 valence electrons. The van der Waals surface area contributed by atoms with E-state index in [0.29, 0.717) is 11.1 Å². The highest BCUT2D eigenvalue weighted by atomic mass is 33.1. The molecule has 0 aliphatic carbocycles. The van der Waals surface area contributed by atoms with Crippen LogP contribution in [0.3, 0.4) is 0 Å². The maximum atomic E-state index is 12.7. The molecular formula is C22H22N4O2S2. The Bertz CT molecular complexity index is 1190. The molecule has 2 aromatic heterocycles. The van der Waals surface area contributed by atoms with Crippen LogP contribution in [0.5, 0.6) is 0 Å². The summed E-state index contributed by atoms with van der Waals surface area (Å²) in [6, 6.07) is 15.7. The maximum Gasteiger partial charge on any atom is 0.254 e. The van der Waals surface area contributed by atoms with Crippen LogP contribution in [0.4, 0.5) is 0 Å². The molecule has 8 heteroatoms. The van der Waals surface area contributed by atoms with E-state index in [-0.39, 0.29) is 11.8 Å². The predicted octanol–water partition coefficient (Wildman–Crippen LogP) is 4.19. The minimum absolute atomic E-state index is 0.126. The van der Waals surface area contributed by atoms with E-state index < -0.39 is 0 Å². The van der Waals surface area contributed by atoms with Gasteiger partial charge in [-0.3, -0.25) is 9.59 Å². The van der Waals surface area contributed by atoms with Gasteiger partial charge in [0.15, 0.2) is 0 Å². The van der Waals surface area contributed by atoms with Crippen LogP contribution in [0.25, 0.3) is 21.8 Å². The maximum absolute atomic E-state index is 12.7. The van der Waals surface area contributed by atoms with E-state index in [2.05, 4.69) is 10.6 Å². The molecule has 4 rings (SSSR count). The van der Waals surface area contributed by atoms with Crippen LogP contribution in [0.15, 0.2) is 58.6 Å². The van der Waals surface area contributed by atoms with Crippen molar-refractivity contribution in [2.24, 2.45) is 14.1 Å². The van der Waals surface area contributed by atoms with Gasteiger partial charge >= 0.3 is 0 Å². The van der Waals surface area contributed by atoms with Crippen molar-refractivity contribution in [2.45, 2.75) is 10.1 Å². The highest BCUT2D eigenvalue weighted by Gasteiger charge is 2.25. The van der Waals surface area contributed by atoms with Crippen molar-refractivity contribution in [3.8, 4) is 0 Å². The van der Waals surface area contributed by atoms with E-state index in [1.54, 1.807) is 14.1 Å². The molecule has 0 saturated carbocycles. The summed E-state index contributed by atoms with van der Waals surface area (Å²) < 4.78 is 4.06. The number of aromatic nitrogens is 2. The molecule has 0 saturated heterocycles. The smallest absolute Gasteiger partial charge is 0.254 e. The van der Waals surface area contributed by atoms with E-state index in [0.717, 1.165) is 31.9 Å². The Labute approximate surface area is 182 Å². The first-order chi connectivity index (χ1) is 14.5. The zero-order chi connectivity index (χ0) is 21.4. The molecule has 4 aromatic rings. The van der Waals surface area contributed by atoms with Crippen LogP contribution in [-0.2, 0) is 14.1 Å². The molecule has 0 radical (unpaired) electrons. The molecule has 0 unspecified atom stereocenters. The van der Waals surface area contributed by atoms with Gasteiger partial charge < -0.3 is 19.8 Å². The van der Waals surface area contributed by atoms with Crippen molar-refractivity contribution < 1.29 is 9.59 Å². The fourth-order valence-corrected chi connectivity index (χ4v) is 6.50. The average molecular weight is 439 g/mol. The molecule has 30 heavy (non-hydrogen) atoms. The monoisotopic (exact) mass is 438 g/mol. The Morgan fingerprint density at radius 1 is 0.700 bits per heavy atom. The Balaban J connectivity index is 1.83. The summed E-state index contributed by atoms with van der Waals surface area (Å²) in [5, 5.41) is 9.00. The fourth-order valence-electron chi connectivity index (χ4n) is 3.70. The molecule has 2 amide bonds.